The highest BCUT2D eigenvalue weighted by Crippen LogP contribution is 2.38. The summed E-state index contributed by atoms with van der Waals surface area (Å²) in [5, 5.41) is 0.608. The van der Waals surface area contributed by atoms with E-state index in [1.165, 1.54) is 0 Å². The molecule has 0 unspecified atom stereocenters. The van der Waals surface area contributed by atoms with Gasteiger partial charge in [-0.2, -0.15) is 0 Å². The van der Waals surface area contributed by atoms with Crippen molar-refractivity contribution in [3.8, 4) is 11.5 Å². The minimum atomic E-state index is -0.103. The Hall–Kier alpha value is -2.40. The fraction of sp³-hybridized carbons (Fsp3) is 0.278. The molecular weight excluding hydrogens is 328 g/mol. The molecule has 0 spiro atoms. The molecular formula is C18H17ClN2O3. The molecule has 2 aromatic rings. The van der Waals surface area contributed by atoms with Crippen LogP contribution in [0.15, 0.2) is 36.4 Å². The summed E-state index contributed by atoms with van der Waals surface area (Å²) in [7, 11) is 2.01. The average molecular weight is 345 g/mol. The van der Waals surface area contributed by atoms with Crippen LogP contribution in [0, 0.1) is 0 Å². The highest BCUT2D eigenvalue weighted by atomic mass is 35.5. The van der Waals surface area contributed by atoms with E-state index in [2.05, 4.69) is 4.90 Å². The Labute approximate surface area is 145 Å². The van der Waals surface area contributed by atoms with E-state index in [4.69, 9.17) is 21.1 Å². The Morgan fingerprint density at radius 3 is 2.79 bits per heavy atom. The number of amides is 1. The van der Waals surface area contributed by atoms with Gasteiger partial charge in [0.2, 0.25) is 0 Å². The van der Waals surface area contributed by atoms with E-state index >= 15 is 0 Å². The van der Waals surface area contributed by atoms with Gasteiger partial charge in [0, 0.05) is 25.2 Å². The summed E-state index contributed by atoms with van der Waals surface area (Å²) < 4.78 is 11.3. The molecule has 6 heteroatoms. The lowest BCUT2D eigenvalue weighted by molar-refractivity contribution is 0.0975. The third-order valence-electron chi connectivity index (χ3n) is 4.34. The van der Waals surface area contributed by atoms with Gasteiger partial charge in [0.05, 0.1) is 16.9 Å². The van der Waals surface area contributed by atoms with Gasteiger partial charge in [0.15, 0.2) is 11.5 Å². The molecule has 0 bridgehead atoms. The van der Waals surface area contributed by atoms with E-state index in [-0.39, 0.29) is 5.91 Å². The van der Waals surface area contributed by atoms with Crippen LogP contribution in [0.3, 0.4) is 0 Å². The first-order valence-electron chi connectivity index (χ1n) is 7.86. The highest BCUT2D eigenvalue weighted by molar-refractivity contribution is 6.31. The number of nitrogens with zero attached hydrogens (tertiary/aromatic N) is 2. The van der Waals surface area contributed by atoms with Crippen molar-refractivity contribution in [2.45, 2.75) is 0 Å². The van der Waals surface area contributed by atoms with Crippen LogP contribution in [-0.4, -0.2) is 39.3 Å². The number of rotatable bonds is 1. The number of likely N-dealkylation sites (N-methyl/N-ethyl adjacent to an activating group) is 1. The second-order valence-electron chi connectivity index (χ2n) is 5.84. The minimum absolute atomic E-state index is 0.103. The van der Waals surface area contributed by atoms with E-state index in [1.807, 2.05) is 37.4 Å². The predicted octanol–water partition coefficient (Wildman–Crippen LogP) is 3.21. The molecule has 0 saturated carbocycles. The number of carbonyl (C=O) groups is 1. The van der Waals surface area contributed by atoms with E-state index < -0.39 is 0 Å². The Kier molecular flexibility index (Phi) is 3.73. The van der Waals surface area contributed by atoms with Crippen molar-refractivity contribution in [3.05, 3.63) is 47.0 Å². The normalized spacial score (nSPS) is 15.9. The van der Waals surface area contributed by atoms with Gasteiger partial charge in [-0.25, -0.2) is 0 Å². The van der Waals surface area contributed by atoms with E-state index in [1.54, 1.807) is 11.0 Å². The van der Waals surface area contributed by atoms with Crippen molar-refractivity contribution in [2.75, 3.05) is 43.2 Å². The molecule has 4 rings (SSSR count). The zero-order chi connectivity index (χ0) is 16.7. The second-order valence-corrected chi connectivity index (χ2v) is 6.28. The standard InChI is InChI=1S/C18H17ClN2O3/c1-20-7-8-21(15-11-12(19)5-6-14(15)20)18(22)13-3-2-4-16-17(13)24-10-9-23-16/h2-6,11H,7-10H2,1H3. The van der Waals surface area contributed by atoms with Gasteiger partial charge in [-0.1, -0.05) is 17.7 Å². The fourth-order valence-corrected chi connectivity index (χ4v) is 3.29. The molecule has 2 aromatic carbocycles. The van der Waals surface area contributed by atoms with Crippen molar-refractivity contribution in [2.24, 2.45) is 0 Å². The average Bonchev–Trinajstić information content (AvgIpc) is 2.61. The smallest absolute Gasteiger partial charge is 0.262 e. The van der Waals surface area contributed by atoms with Crippen LogP contribution in [0.2, 0.25) is 5.02 Å². The first-order valence-corrected chi connectivity index (χ1v) is 8.24. The molecule has 124 valence electrons. The van der Waals surface area contributed by atoms with Crippen molar-refractivity contribution < 1.29 is 14.3 Å². The van der Waals surface area contributed by atoms with Crippen LogP contribution in [0.1, 0.15) is 10.4 Å². The van der Waals surface area contributed by atoms with E-state index in [9.17, 15) is 4.79 Å². The van der Waals surface area contributed by atoms with Crippen LogP contribution in [0.5, 0.6) is 11.5 Å². The summed E-state index contributed by atoms with van der Waals surface area (Å²) in [6, 6.07) is 11.0. The Balaban J connectivity index is 1.77. The molecule has 0 radical (unpaired) electrons. The number of hydrogen-bond donors (Lipinski definition) is 0. The minimum Gasteiger partial charge on any atom is -0.486 e. The van der Waals surface area contributed by atoms with Gasteiger partial charge in [-0.05, 0) is 30.3 Å². The molecule has 0 aliphatic carbocycles. The fourth-order valence-electron chi connectivity index (χ4n) is 3.12. The topological polar surface area (TPSA) is 42.0 Å². The van der Waals surface area contributed by atoms with E-state index in [0.717, 1.165) is 17.9 Å². The Bertz CT molecular complexity index is 809. The highest BCUT2D eigenvalue weighted by Gasteiger charge is 2.29. The third kappa shape index (κ3) is 2.45. The molecule has 24 heavy (non-hydrogen) atoms. The van der Waals surface area contributed by atoms with Gasteiger partial charge in [-0.3, -0.25) is 4.79 Å². The quantitative estimate of drug-likeness (QED) is 0.796. The van der Waals surface area contributed by atoms with Crippen LogP contribution in [0.25, 0.3) is 0 Å². The molecule has 0 N–H and O–H groups in total. The zero-order valence-corrected chi connectivity index (χ0v) is 14.0. The molecule has 0 aromatic heterocycles. The summed E-state index contributed by atoms with van der Waals surface area (Å²) in [5.74, 6) is 1.04. The van der Waals surface area contributed by atoms with Crippen molar-refractivity contribution in [3.63, 3.8) is 0 Å². The van der Waals surface area contributed by atoms with Gasteiger partial charge in [-0.15, -0.1) is 0 Å². The number of fused-ring (bicyclic) bond motifs is 2. The van der Waals surface area contributed by atoms with Gasteiger partial charge in [0.1, 0.15) is 13.2 Å². The van der Waals surface area contributed by atoms with Gasteiger partial charge >= 0.3 is 0 Å². The molecule has 5 nitrogen and oxygen atoms in total. The molecule has 1 amide bonds. The number of hydrogen-bond acceptors (Lipinski definition) is 4. The monoisotopic (exact) mass is 344 g/mol. The summed E-state index contributed by atoms with van der Waals surface area (Å²) >= 11 is 6.15. The van der Waals surface area contributed by atoms with Crippen molar-refractivity contribution in [1.82, 2.24) is 0 Å². The van der Waals surface area contributed by atoms with E-state index in [0.29, 0.717) is 41.8 Å². The lowest BCUT2D eigenvalue weighted by Gasteiger charge is -2.36. The third-order valence-corrected chi connectivity index (χ3v) is 4.58. The van der Waals surface area contributed by atoms with Crippen LogP contribution >= 0.6 is 11.6 Å². The van der Waals surface area contributed by atoms with Gasteiger partial charge in [0.25, 0.3) is 5.91 Å². The molecule has 2 aliphatic rings. The first-order chi connectivity index (χ1) is 11.6. The maximum absolute atomic E-state index is 13.2. The summed E-state index contributed by atoms with van der Waals surface area (Å²) in [4.78, 5) is 17.1. The van der Waals surface area contributed by atoms with Crippen molar-refractivity contribution in [1.29, 1.82) is 0 Å². The summed E-state index contributed by atoms with van der Waals surface area (Å²) in [6.45, 7) is 2.29. The number of benzene rings is 2. The molecule has 0 saturated heterocycles. The Morgan fingerprint density at radius 2 is 1.92 bits per heavy atom. The molecule has 0 atom stereocenters. The summed E-state index contributed by atoms with van der Waals surface area (Å²) in [5.41, 5.74) is 2.32. The van der Waals surface area contributed by atoms with Crippen LogP contribution < -0.4 is 19.3 Å². The number of anilines is 2. The maximum atomic E-state index is 13.2. The number of carbonyl (C=O) groups excluding carboxylic acids is 1. The number of halogens is 1. The maximum Gasteiger partial charge on any atom is 0.262 e. The molecule has 2 heterocycles. The SMILES string of the molecule is CN1CCN(C(=O)c2cccc3c2OCCO3)c2cc(Cl)ccc21. The first kappa shape index (κ1) is 15.1. The van der Waals surface area contributed by atoms with Crippen LogP contribution in [-0.2, 0) is 0 Å². The second kappa shape index (κ2) is 5.91. The number of ether oxygens (including phenoxy) is 2. The van der Waals surface area contributed by atoms with Crippen LogP contribution in [0.4, 0.5) is 11.4 Å². The molecule has 0 fully saturated rings. The van der Waals surface area contributed by atoms with Gasteiger partial charge < -0.3 is 19.3 Å². The predicted molar refractivity (Wildman–Crippen MR) is 93.8 cm³/mol. The largest absolute Gasteiger partial charge is 0.486 e. The lowest BCUT2D eigenvalue weighted by Crippen LogP contribution is -2.43. The Morgan fingerprint density at radius 1 is 1.08 bits per heavy atom. The van der Waals surface area contributed by atoms with Crippen molar-refractivity contribution >= 4 is 28.9 Å². The zero-order valence-electron chi connectivity index (χ0n) is 13.3. The lowest BCUT2D eigenvalue weighted by atomic mass is 10.1. The molecule has 2 aliphatic heterocycles. The number of para-hydroxylation sites is 1. The summed E-state index contributed by atoms with van der Waals surface area (Å²) in [6.07, 6.45) is 0.